The lowest BCUT2D eigenvalue weighted by atomic mass is 10.0. The SMILES string of the molecule is Cc1ccc(CC(=O)Nc2nc3c(C)cc(Cl)cc3s2)c(C)c1. The van der Waals surface area contributed by atoms with Gasteiger partial charge in [-0.3, -0.25) is 4.79 Å². The summed E-state index contributed by atoms with van der Waals surface area (Å²) in [5.41, 5.74) is 5.27. The molecule has 1 amide bonds. The Kier molecular flexibility index (Phi) is 4.37. The van der Waals surface area contributed by atoms with Crippen molar-refractivity contribution in [2.75, 3.05) is 5.32 Å². The fourth-order valence-corrected chi connectivity index (χ4v) is 3.93. The van der Waals surface area contributed by atoms with E-state index in [1.165, 1.54) is 16.9 Å². The predicted molar refractivity (Wildman–Crippen MR) is 97.6 cm³/mol. The van der Waals surface area contributed by atoms with Crippen LogP contribution in [0, 0.1) is 20.8 Å². The summed E-state index contributed by atoms with van der Waals surface area (Å²) in [6, 6.07) is 9.88. The van der Waals surface area contributed by atoms with Crippen molar-refractivity contribution in [2.24, 2.45) is 0 Å². The average molecular weight is 345 g/mol. The number of aromatic nitrogens is 1. The summed E-state index contributed by atoms with van der Waals surface area (Å²) in [5, 5.41) is 4.19. The third kappa shape index (κ3) is 3.54. The van der Waals surface area contributed by atoms with Gasteiger partial charge in [0.15, 0.2) is 5.13 Å². The van der Waals surface area contributed by atoms with Crippen LogP contribution in [0.4, 0.5) is 5.13 Å². The zero-order chi connectivity index (χ0) is 16.6. The highest BCUT2D eigenvalue weighted by Gasteiger charge is 2.11. The van der Waals surface area contributed by atoms with Crippen molar-refractivity contribution in [2.45, 2.75) is 27.2 Å². The highest BCUT2D eigenvalue weighted by atomic mass is 35.5. The van der Waals surface area contributed by atoms with Crippen molar-refractivity contribution >= 4 is 44.2 Å². The first-order valence-corrected chi connectivity index (χ1v) is 8.54. The Bertz CT molecular complexity index is 901. The molecule has 0 aliphatic heterocycles. The van der Waals surface area contributed by atoms with Crippen molar-refractivity contribution in [3.05, 3.63) is 57.6 Å². The van der Waals surface area contributed by atoms with Crippen LogP contribution in [0.25, 0.3) is 10.2 Å². The van der Waals surface area contributed by atoms with Gasteiger partial charge in [-0.05, 0) is 49.6 Å². The van der Waals surface area contributed by atoms with Crippen LogP contribution >= 0.6 is 22.9 Å². The van der Waals surface area contributed by atoms with Crippen LogP contribution in [0.3, 0.4) is 0 Å². The smallest absolute Gasteiger partial charge is 0.230 e. The van der Waals surface area contributed by atoms with Crippen molar-refractivity contribution in [3.63, 3.8) is 0 Å². The number of fused-ring (bicyclic) bond motifs is 1. The second-order valence-electron chi connectivity index (χ2n) is 5.74. The number of rotatable bonds is 3. The number of benzene rings is 2. The Morgan fingerprint density at radius 2 is 1.96 bits per heavy atom. The monoisotopic (exact) mass is 344 g/mol. The molecule has 0 radical (unpaired) electrons. The number of hydrogen-bond acceptors (Lipinski definition) is 3. The van der Waals surface area contributed by atoms with Gasteiger partial charge in [0, 0.05) is 5.02 Å². The van der Waals surface area contributed by atoms with Crippen LogP contribution in [0.15, 0.2) is 30.3 Å². The average Bonchev–Trinajstić information content (AvgIpc) is 2.84. The molecule has 0 atom stereocenters. The molecule has 0 spiro atoms. The number of carbonyl (C=O) groups excluding carboxylic acids is 1. The molecule has 0 saturated heterocycles. The molecule has 3 rings (SSSR count). The van der Waals surface area contributed by atoms with E-state index in [9.17, 15) is 4.79 Å². The molecule has 2 aromatic carbocycles. The molecule has 0 fully saturated rings. The molecule has 1 heterocycles. The molecule has 3 aromatic rings. The number of aryl methyl sites for hydroxylation is 3. The number of nitrogens with one attached hydrogen (secondary N) is 1. The summed E-state index contributed by atoms with van der Waals surface area (Å²) in [6.45, 7) is 6.04. The first-order chi connectivity index (χ1) is 10.9. The van der Waals surface area contributed by atoms with Crippen LogP contribution in [0.2, 0.25) is 5.02 Å². The van der Waals surface area contributed by atoms with Gasteiger partial charge in [0.25, 0.3) is 0 Å². The van der Waals surface area contributed by atoms with E-state index in [1.807, 2.05) is 45.0 Å². The van der Waals surface area contributed by atoms with E-state index >= 15 is 0 Å². The number of carbonyl (C=O) groups is 1. The first kappa shape index (κ1) is 16.0. The lowest BCUT2D eigenvalue weighted by Crippen LogP contribution is -2.14. The summed E-state index contributed by atoms with van der Waals surface area (Å²) >= 11 is 7.51. The third-order valence-corrected chi connectivity index (χ3v) is 4.88. The second kappa shape index (κ2) is 6.30. The van der Waals surface area contributed by atoms with Crippen molar-refractivity contribution in [3.8, 4) is 0 Å². The molecule has 0 unspecified atom stereocenters. The second-order valence-corrected chi connectivity index (χ2v) is 7.21. The third-order valence-electron chi connectivity index (χ3n) is 3.75. The number of halogens is 1. The van der Waals surface area contributed by atoms with Gasteiger partial charge in [-0.25, -0.2) is 4.98 Å². The number of hydrogen-bond donors (Lipinski definition) is 1. The maximum Gasteiger partial charge on any atom is 0.230 e. The Hall–Kier alpha value is -1.91. The van der Waals surface area contributed by atoms with Gasteiger partial charge >= 0.3 is 0 Å². The van der Waals surface area contributed by atoms with Gasteiger partial charge in [-0.15, -0.1) is 0 Å². The molecule has 0 saturated carbocycles. The number of anilines is 1. The van der Waals surface area contributed by atoms with Crippen LogP contribution in [0.1, 0.15) is 22.3 Å². The van der Waals surface area contributed by atoms with Crippen LogP contribution in [0.5, 0.6) is 0 Å². The number of thiazole rings is 1. The van der Waals surface area contributed by atoms with Gasteiger partial charge in [0.05, 0.1) is 16.6 Å². The lowest BCUT2D eigenvalue weighted by Gasteiger charge is -2.06. The standard InChI is InChI=1S/C18H17ClN2OS/c1-10-4-5-13(11(2)6-10)8-16(22)20-18-21-17-12(3)7-14(19)9-15(17)23-18/h4-7,9H,8H2,1-3H3,(H,20,21,22). The fraction of sp³-hybridized carbons (Fsp3) is 0.222. The van der Waals surface area contributed by atoms with E-state index in [2.05, 4.69) is 16.4 Å². The van der Waals surface area contributed by atoms with E-state index in [-0.39, 0.29) is 5.91 Å². The van der Waals surface area contributed by atoms with Gasteiger partial charge in [0.2, 0.25) is 5.91 Å². The normalized spacial score (nSPS) is 11.0. The zero-order valence-electron chi connectivity index (χ0n) is 13.2. The van der Waals surface area contributed by atoms with Crippen molar-refractivity contribution < 1.29 is 4.79 Å². The van der Waals surface area contributed by atoms with Crippen LogP contribution in [-0.4, -0.2) is 10.9 Å². The first-order valence-electron chi connectivity index (χ1n) is 7.35. The predicted octanol–water partition coefficient (Wildman–Crippen LogP) is 5.06. The molecule has 0 aliphatic carbocycles. The summed E-state index contributed by atoms with van der Waals surface area (Å²) in [6.07, 6.45) is 0.349. The molecular formula is C18H17ClN2OS. The number of nitrogens with zero attached hydrogens (tertiary/aromatic N) is 1. The minimum Gasteiger partial charge on any atom is -0.302 e. The summed E-state index contributed by atoms with van der Waals surface area (Å²) in [7, 11) is 0. The van der Waals surface area contributed by atoms with Gasteiger partial charge in [0.1, 0.15) is 0 Å². The minimum absolute atomic E-state index is 0.0558. The Labute approximate surface area is 144 Å². The van der Waals surface area contributed by atoms with Crippen LogP contribution in [-0.2, 0) is 11.2 Å². The summed E-state index contributed by atoms with van der Waals surface area (Å²) in [5.74, 6) is -0.0558. The highest BCUT2D eigenvalue weighted by molar-refractivity contribution is 7.22. The van der Waals surface area contributed by atoms with Crippen molar-refractivity contribution in [1.82, 2.24) is 4.98 Å². The van der Waals surface area contributed by atoms with E-state index in [4.69, 9.17) is 11.6 Å². The summed E-state index contributed by atoms with van der Waals surface area (Å²) < 4.78 is 0.983. The molecule has 1 N–H and O–H groups in total. The highest BCUT2D eigenvalue weighted by Crippen LogP contribution is 2.31. The Morgan fingerprint density at radius 3 is 2.70 bits per heavy atom. The molecule has 0 bridgehead atoms. The maximum absolute atomic E-state index is 12.3. The topological polar surface area (TPSA) is 42.0 Å². The molecule has 5 heteroatoms. The van der Waals surface area contributed by atoms with Gasteiger partial charge in [-0.1, -0.05) is 46.7 Å². The zero-order valence-corrected chi connectivity index (χ0v) is 14.8. The molecule has 0 aliphatic rings. The maximum atomic E-state index is 12.3. The minimum atomic E-state index is -0.0558. The number of amides is 1. The Morgan fingerprint density at radius 1 is 1.17 bits per heavy atom. The molecular weight excluding hydrogens is 328 g/mol. The van der Waals surface area contributed by atoms with Gasteiger partial charge in [-0.2, -0.15) is 0 Å². The Balaban J connectivity index is 1.79. The van der Waals surface area contributed by atoms with Gasteiger partial charge < -0.3 is 5.32 Å². The molecule has 118 valence electrons. The summed E-state index contributed by atoms with van der Waals surface area (Å²) in [4.78, 5) is 16.8. The van der Waals surface area contributed by atoms with E-state index < -0.39 is 0 Å². The van der Waals surface area contributed by atoms with E-state index in [1.54, 1.807) is 0 Å². The lowest BCUT2D eigenvalue weighted by molar-refractivity contribution is -0.115. The molecule has 1 aromatic heterocycles. The largest absolute Gasteiger partial charge is 0.302 e. The molecule has 23 heavy (non-hydrogen) atoms. The van der Waals surface area contributed by atoms with E-state index in [0.717, 1.165) is 26.9 Å². The quantitative estimate of drug-likeness (QED) is 0.721. The van der Waals surface area contributed by atoms with E-state index in [0.29, 0.717) is 16.6 Å². The fourth-order valence-electron chi connectivity index (χ4n) is 2.59. The van der Waals surface area contributed by atoms with Crippen molar-refractivity contribution in [1.29, 1.82) is 0 Å². The molecule has 3 nitrogen and oxygen atoms in total. The van der Waals surface area contributed by atoms with Crippen LogP contribution < -0.4 is 5.32 Å².